The van der Waals surface area contributed by atoms with Crippen LogP contribution < -0.4 is 0 Å². The first kappa shape index (κ1) is 15.4. The smallest absolute Gasteiger partial charge is 0.161 e. The first-order valence-corrected chi connectivity index (χ1v) is 8.06. The van der Waals surface area contributed by atoms with Gasteiger partial charge >= 0.3 is 0 Å². The van der Waals surface area contributed by atoms with E-state index in [1.165, 1.54) is 0 Å². The molecule has 22 heavy (non-hydrogen) atoms. The molecule has 2 aliphatic carbocycles. The molecule has 0 bridgehead atoms. The van der Waals surface area contributed by atoms with Gasteiger partial charge in [0.15, 0.2) is 11.5 Å². The van der Waals surface area contributed by atoms with E-state index >= 15 is 0 Å². The molecule has 3 N–H and O–H groups in total. The Morgan fingerprint density at radius 3 is 2.64 bits per heavy atom. The molecule has 120 valence electrons. The van der Waals surface area contributed by atoms with Gasteiger partial charge in [-0.2, -0.15) is 0 Å². The number of phenolic OH excluding ortho intramolecular Hbond substituents is 2. The highest BCUT2D eigenvalue weighted by Crippen LogP contribution is 2.51. The summed E-state index contributed by atoms with van der Waals surface area (Å²) in [6.45, 7) is 5.12. The Hall–Kier alpha value is -1.52. The SMILES string of the molecule is CCN(C)C1Cc2ccc(O)c(O)c2C2C1C=C[C@H](O)[C@@H]2C. The molecule has 4 nitrogen and oxygen atoms in total. The standard InChI is InChI=1S/C18H25NO3/c1-4-19(3)13-9-11-5-7-15(21)18(22)17(11)16-10(2)14(20)8-6-12(13)16/h5-8,10,12-14,16,20-22H,4,9H2,1-3H3/t10-,12?,13?,14-,16?/m0/s1. The van der Waals surface area contributed by atoms with Crippen molar-refractivity contribution < 1.29 is 15.3 Å². The Labute approximate surface area is 131 Å². The number of hydrogen-bond donors (Lipinski definition) is 3. The largest absolute Gasteiger partial charge is 0.504 e. The molecule has 0 radical (unpaired) electrons. The first-order valence-electron chi connectivity index (χ1n) is 8.06. The molecular weight excluding hydrogens is 278 g/mol. The molecule has 0 saturated carbocycles. The van der Waals surface area contributed by atoms with Gasteiger partial charge in [-0.05, 0) is 37.6 Å². The molecule has 0 aliphatic heterocycles. The number of rotatable bonds is 2. The number of nitrogens with zero attached hydrogens (tertiary/aromatic N) is 1. The van der Waals surface area contributed by atoms with Gasteiger partial charge in [0.25, 0.3) is 0 Å². The van der Waals surface area contributed by atoms with Gasteiger partial charge in [0.1, 0.15) is 0 Å². The molecule has 1 aromatic rings. The third kappa shape index (κ3) is 2.22. The third-order valence-electron chi connectivity index (χ3n) is 5.61. The summed E-state index contributed by atoms with van der Waals surface area (Å²) in [5.74, 6) is 0.184. The Bertz CT molecular complexity index is 598. The summed E-state index contributed by atoms with van der Waals surface area (Å²) < 4.78 is 0. The Morgan fingerprint density at radius 1 is 1.23 bits per heavy atom. The van der Waals surface area contributed by atoms with Crippen molar-refractivity contribution in [3.05, 3.63) is 35.4 Å². The molecule has 4 heteroatoms. The Morgan fingerprint density at radius 2 is 1.95 bits per heavy atom. The molecule has 0 aromatic heterocycles. The van der Waals surface area contributed by atoms with E-state index in [9.17, 15) is 15.3 Å². The fraction of sp³-hybridized carbons (Fsp3) is 0.556. The maximum atomic E-state index is 10.4. The van der Waals surface area contributed by atoms with Gasteiger partial charge < -0.3 is 20.2 Å². The van der Waals surface area contributed by atoms with E-state index in [1.807, 2.05) is 19.1 Å². The van der Waals surface area contributed by atoms with E-state index in [0.29, 0.717) is 6.04 Å². The van der Waals surface area contributed by atoms with E-state index in [1.54, 1.807) is 6.07 Å². The lowest BCUT2D eigenvalue weighted by Crippen LogP contribution is -2.48. The van der Waals surface area contributed by atoms with Crippen LogP contribution in [0.2, 0.25) is 0 Å². The van der Waals surface area contributed by atoms with Gasteiger partial charge in [-0.3, -0.25) is 0 Å². The minimum Gasteiger partial charge on any atom is -0.504 e. The Balaban J connectivity index is 2.15. The van der Waals surface area contributed by atoms with Gasteiger partial charge in [0, 0.05) is 23.4 Å². The maximum Gasteiger partial charge on any atom is 0.161 e. The average molecular weight is 303 g/mol. The summed E-state index contributed by atoms with van der Waals surface area (Å²) in [5.41, 5.74) is 1.90. The lowest BCUT2D eigenvalue weighted by molar-refractivity contribution is 0.0830. The first-order chi connectivity index (χ1) is 10.5. The van der Waals surface area contributed by atoms with Crippen molar-refractivity contribution in [2.45, 2.75) is 38.3 Å². The molecule has 0 saturated heterocycles. The highest BCUT2D eigenvalue weighted by molar-refractivity contribution is 5.54. The molecule has 2 aliphatic rings. The van der Waals surface area contributed by atoms with Crippen LogP contribution in [0.15, 0.2) is 24.3 Å². The van der Waals surface area contributed by atoms with Crippen molar-refractivity contribution in [1.82, 2.24) is 4.90 Å². The topological polar surface area (TPSA) is 63.9 Å². The predicted molar refractivity (Wildman–Crippen MR) is 86.1 cm³/mol. The number of likely N-dealkylation sites (N-methyl/N-ethyl adjacent to an activating group) is 1. The predicted octanol–water partition coefficient (Wildman–Crippen LogP) is 2.24. The third-order valence-corrected chi connectivity index (χ3v) is 5.61. The van der Waals surface area contributed by atoms with Crippen LogP contribution in [0.5, 0.6) is 11.5 Å². The van der Waals surface area contributed by atoms with E-state index in [4.69, 9.17) is 0 Å². The van der Waals surface area contributed by atoms with Crippen molar-refractivity contribution in [3.63, 3.8) is 0 Å². The molecule has 0 amide bonds. The van der Waals surface area contributed by atoms with Crippen molar-refractivity contribution in [2.75, 3.05) is 13.6 Å². The van der Waals surface area contributed by atoms with Crippen molar-refractivity contribution in [3.8, 4) is 11.5 Å². The summed E-state index contributed by atoms with van der Waals surface area (Å²) in [6, 6.07) is 3.82. The number of phenols is 2. The molecule has 1 aromatic carbocycles. The second-order valence-electron chi connectivity index (χ2n) is 6.69. The zero-order chi connectivity index (χ0) is 16.0. The van der Waals surface area contributed by atoms with Crippen LogP contribution in [0.25, 0.3) is 0 Å². The number of aromatic hydroxyl groups is 2. The molecule has 0 heterocycles. The summed E-state index contributed by atoms with van der Waals surface area (Å²) in [4.78, 5) is 2.33. The van der Waals surface area contributed by atoms with Crippen LogP contribution in [-0.2, 0) is 6.42 Å². The number of aliphatic hydroxyl groups excluding tert-OH is 1. The summed E-state index contributed by atoms with van der Waals surface area (Å²) >= 11 is 0. The van der Waals surface area contributed by atoms with Crippen LogP contribution in [0.4, 0.5) is 0 Å². The van der Waals surface area contributed by atoms with Crippen LogP contribution in [0.3, 0.4) is 0 Å². The van der Waals surface area contributed by atoms with Crippen molar-refractivity contribution in [2.24, 2.45) is 11.8 Å². The van der Waals surface area contributed by atoms with Gasteiger partial charge in [0.05, 0.1) is 6.10 Å². The highest BCUT2D eigenvalue weighted by atomic mass is 16.3. The zero-order valence-corrected chi connectivity index (χ0v) is 13.4. The van der Waals surface area contributed by atoms with Crippen LogP contribution >= 0.6 is 0 Å². The lowest BCUT2D eigenvalue weighted by Gasteiger charge is -2.47. The van der Waals surface area contributed by atoms with Crippen molar-refractivity contribution >= 4 is 0 Å². The fourth-order valence-corrected chi connectivity index (χ4v) is 4.16. The lowest BCUT2D eigenvalue weighted by atomic mass is 9.63. The van der Waals surface area contributed by atoms with Crippen molar-refractivity contribution in [1.29, 1.82) is 0 Å². The minimum absolute atomic E-state index is 0.00880. The molecule has 3 unspecified atom stereocenters. The van der Waals surface area contributed by atoms with Gasteiger partial charge in [-0.15, -0.1) is 0 Å². The van der Waals surface area contributed by atoms with E-state index in [2.05, 4.69) is 24.9 Å². The molecular formula is C18H25NO3. The van der Waals surface area contributed by atoms with Gasteiger partial charge in [0.2, 0.25) is 0 Å². The molecule has 5 atom stereocenters. The van der Waals surface area contributed by atoms with Crippen LogP contribution in [0, 0.1) is 11.8 Å². The number of fused-ring (bicyclic) bond motifs is 3. The molecule has 0 fully saturated rings. The minimum atomic E-state index is -0.512. The second-order valence-corrected chi connectivity index (χ2v) is 6.69. The number of hydrogen-bond acceptors (Lipinski definition) is 4. The monoisotopic (exact) mass is 303 g/mol. The maximum absolute atomic E-state index is 10.4. The molecule has 3 rings (SSSR count). The normalized spacial score (nSPS) is 33.6. The highest BCUT2D eigenvalue weighted by Gasteiger charge is 2.44. The number of benzene rings is 1. The second kappa shape index (κ2) is 5.60. The summed E-state index contributed by atoms with van der Waals surface area (Å²) in [6.07, 6.45) is 4.31. The zero-order valence-electron chi connectivity index (χ0n) is 13.4. The van der Waals surface area contributed by atoms with Crippen LogP contribution in [0.1, 0.15) is 30.9 Å². The fourth-order valence-electron chi connectivity index (χ4n) is 4.16. The van der Waals surface area contributed by atoms with Crippen LogP contribution in [-0.4, -0.2) is 46.0 Å². The van der Waals surface area contributed by atoms with E-state index in [0.717, 1.165) is 24.1 Å². The van der Waals surface area contributed by atoms with E-state index < -0.39 is 6.10 Å². The van der Waals surface area contributed by atoms with Gasteiger partial charge in [-0.1, -0.05) is 32.1 Å². The Kier molecular flexibility index (Phi) is 3.91. The average Bonchev–Trinajstić information content (AvgIpc) is 2.52. The van der Waals surface area contributed by atoms with E-state index in [-0.39, 0.29) is 29.3 Å². The molecule has 0 spiro atoms. The number of aliphatic hydroxyl groups is 1. The summed E-state index contributed by atoms with van der Waals surface area (Å²) in [7, 11) is 2.12. The summed E-state index contributed by atoms with van der Waals surface area (Å²) in [5, 5.41) is 30.5. The van der Waals surface area contributed by atoms with Gasteiger partial charge in [-0.25, -0.2) is 0 Å². The quantitative estimate of drug-likeness (QED) is 0.579.